The standard InChI is InChI=1S/C14H15BrClNOS/c1-2-17-13(14-12(15)6-7-19-14)9-18-11-5-3-4-10(16)8-11/h3-8,13,17H,2,9H2,1H3. The predicted molar refractivity (Wildman–Crippen MR) is 85.4 cm³/mol. The van der Waals surface area contributed by atoms with Gasteiger partial charge in [0.25, 0.3) is 0 Å². The van der Waals surface area contributed by atoms with E-state index >= 15 is 0 Å². The van der Waals surface area contributed by atoms with Crippen LogP contribution in [0.5, 0.6) is 5.75 Å². The lowest BCUT2D eigenvalue weighted by molar-refractivity contribution is 0.270. The van der Waals surface area contributed by atoms with Gasteiger partial charge in [0.2, 0.25) is 0 Å². The molecule has 102 valence electrons. The van der Waals surface area contributed by atoms with E-state index < -0.39 is 0 Å². The number of halogens is 2. The molecule has 1 aromatic carbocycles. The van der Waals surface area contributed by atoms with Gasteiger partial charge in [0.1, 0.15) is 12.4 Å². The smallest absolute Gasteiger partial charge is 0.120 e. The Bertz CT molecular complexity index is 532. The number of thiophene rings is 1. The van der Waals surface area contributed by atoms with Crippen molar-refractivity contribution in [1.82, 2.24) is 5.32 Å². The van der Waals surface area contributed by atoms with E-state index in [9.17, 15) is 0 Å². The van der Waals surface area contributed by atoms with Crippen molar-refractivity contribution in [2.75, 3.05) is 13.2 Å². The SMILES string of the molecule is CCNC(COc1cccc(Cl)c1)c1sccc1Br. The average Bonchev–Trinajstić information content (AvgIpc) is 2.81. The molecule has 0 radical (unpaired) electrons. The van der Waals surface area contributed by atoms with Gasteiger partial charge in [-0.15, -0.1) is 11.3 Å². The molecule has 0 spiro atoms. The topological polar surface area (TPSA) is 21.3 Å². The zero-order valence-corrected chi connectivity index (χ0v) is 13.7. The highest BCUT2D eigenvalue weighted by atomic mass is 79.9. The van der Waals surface area contributed by atoms with Gasteiger partial charge in [-0.3, -0.25) is 0 Å². The molecule has 2 rings (SSSR count). The number of ether oxygens (including phenoxy) is 1. The minimum Gasteiger partial charge on any atom is -0.492 e. The first-order valence-electron chi connectivity index (χ1n) is 6.05. The minimum atomic E-state index is 0.179. The fraction of sp³-hybridized carbons (Fsp3) is 0.286. The fourth-order valence-electron chi connectivity index (χ4n) is 1.76. The summed E-state index contributed by atoms with van der Waals surface area (Å²) in [5.74, 6) is 0.795. The molecule has 19 heavy (non-hydrogen) atoms. The van der Waals surface area contributed by atoms with Gasteiger partial charge in [-0.05, 0) is 52.1 Å². The molecule has 0 aliphatic rings. The molecule has 5 heteroatoms. The van der Waals surface area contributed by atoms with Gasteiger partial charge in [-0.1, -0.05) is 24.6 Å². The van der Waals surface area contributed by atoms with Crippen LogP contribution < -0.4 is 10.1 Å². The number of hydrogen-bond acceptors (Lipinski definition) is 3. The molecule has 0 bridgehead atoms. The summed E-state index contributed by atoms with van der Waals surface area (Å²) in [6, 6.07) is 9.71. The maximum absolute atomic E-state index is 5.95. The molecular weight excluding hydrogens is 346 g/mol. The maximum Gasteiger partial charge on any atom is 0.120 e. The third-order valence-corrected chi connectivity index (χ3v) is 4.84. The molecule has 1 atom stereocenters. The zero-order valence-electron chi connectivity index (χ0n) is 10.5. The Morgan fingerprint density at radius 2 is 2.26 bits per heavy atom. The number of likely N-dealkylation sites (N-methyl/N-ethyl adjacent to an activating group) is 1. The van der Waals surface area contributed by atoms with Gasteiger partial charge in [-0.2, -0.15) is 0 Å². The van der Waals surface area contributed by atoms with Crippen LogP contribution in [0.4, 0.5) is 0 Å². The highest BCUT2D eigenvalue weighted by molar-refractivity contribution is 9.10. The van der Waals surface area contributed by atoms with Gasteiger partial charge in [0, 0.05) is 14.4 Å². The number of nitrogens with one attached hydrogen (secondary N) is 1. The Labute approximate surface area is 130 Å². The second-order valence-electron chi connectivity index (χ2n) is 4.01. The van der Waals surface area contributed by atoms with Crippen LogP contribution >= 0.6 is 38.9 Å². The second kappa shape index (κ2) is 7.29. The average molecular weight is 361 g/mol. The van der Waals surface area contributed by atoms with Gasteiger partial charge in [-0.25, -0.2) is 0 Å². The molecule has 0 fully saturated rings. The van der Waals surface area contributed by atoms with Crippen LogP contribution in [0.15, 0.2) is 40.2 Å². The van der Waals surface area contributed by atoms with Crippen LogP contribution in [0.1, 0.15) is 17.8 Å². The Morgan fingerprint density at radius 1 is 1.42 bits per heavy atom. The Morgan fingerprint density at radius 3 is 2.89 bits per heavy atom. The molecule has 1 N–H and O–H groups in total. The van der Waals surface area contributed by atoms with E-state index in [1.54, 1.807) is 11.3 Å². The Kier molecular flexibility index (Phi) is 5.70. The molecule has 2 aromatic rings. The van der Waals surface area contributed by atoms with Crippen molar-refractivity contribution in [2.45, 2.75) is 13.0 Å². The van der Waals surface area contributed by atoms with E-state index in [0.29, 0.717) is 11.6 Å². The van der Waals surface area contributed by atoms with Gasteiger partial charge in [0.15, 0.2) is 0 Å². The third-order valence-electron chi connectivity index (χ3n) is 2.62. The van der Waals surface area contributed by atoms with Crippen LogP contribution in [-0.2, 0) is 0 Å². The largest absolute Gasteiger partial charge is 0.492 e. The van der Waals surface area contributed by atoms with Crippen molar-refractivity contribution in [3.63, 3.8) is 0 Å². The van der Waals surface area contributed by atoms with E-state index in [2.05, 4.69) is 39.6 Å². The van der Waals surface area contributed by atoms with Gasteiger partial charge < -0.3 is 10.1 Å². The first-order chi connectivity index (χ1) is 9.20. The van der Waals surface area contributed by atoms with Crippen LogP contribution in [0.2, 0.25) is 5.02 Å². The molecule has 1 heterocycles. The Hall–Kier alpha value is -0.550. The van der Waals surface area contributed by atoms with Crippen molar-refractivity contribution in [1.29, 1.82) is 0 Å². The lowest BCUT2D eigenvalue weighted by Gasteiger charge is -2.18. The summed E-state index contributed by atoms with van der Waals surface area (Å²) in [6.45, 7) is 3.56. The highest BCUT2D eigenvalue weighted by Crippen LogP contribution is 2.29. The molecule has 0 aliphatic carbocycles. The molecule has 2 nitrogen and oxygen atoms in total. The van der Waals surface area contributed by atoms with E-state index in [4.69, 9.17) is 16.3 Å². The first kappa shape index (κ1) is 14.9. The maximum atomic E-state index is 5.95. The van der Waals surface area contributed by atoms with E-state index in [1.807, 2.05) is 24.3 Å². The minimum absolute atomic E-state index is 0.179. The summed E-state index contributed by atoms with van der Waals surface area (Å²) >= 11 is 11.2. The van der Waals surface area contributed by atoms with Crippen molar-refractivity contribution in [3.8, 4) is 5.75 Å². The summed E-state index contributed by atoms with van der Waals surface area (Å²) in [5, 5.41) is 6.20. The lowest BCUT2D eigenvalue weighted by Crippen LogP contribution is -2.26. The molecule has 1 aromatic heterocycles. The normalized spacial score (nSPS) is 12.4. The Balaban J connectivity index is 2.04. The third kappa shape index (κ3) is 4.21. The summed E-state index contributed by atoms with van der Waals surface area (Å²) in [5.41, 5.74) is 0. The van der Waals surface area contributed by atoms with Crippen LogP contribution in [-0.4, -0.2) is 13.2 Å². The quantitative estimate of drug-likeness (QED) is 0.791. The van der Waals surface area contributed by atoms with Gasteiger partial charge in [0.05, 0.1) is 6.04 Å². The second-order valence-corrected chi connectivity index (χ2v) is 6.25. The van der Waals surface area contributed by atoms with Crippen molar-refractivity contribution >= 4 is 38.9 Å². The van der Waals surface area contributed by atoms with Crippen molar-refractivity contribution in [3.05, 3.63) is 50.1 Å². The summed E-state index contributed by atoms with van der Waals surface area (Å²) < 4.78 is 6.94. The predicted octanol–water partition coefficient (Wildman–Crippen LogP) is 4.89. The number of hydrogen-bond donors (Lipinski definition) is 1. The van der Waals surface area contributed by atoms with Crippen molar-refractivity contribution in [2.24, 2.45) is 0 Å². The van der Waals surface area contributed by atoms with Crippen molar-refractivity contribution < 1.29 is 4.74 Å². The lowest BCUT2D eigenvalue weighted by atomic mass is 10.2. The van der Waals surface area contributed by atoms with E-state index in [-0.39, 0.29) is 6.04 Å². The van der Waals surface area contributed by atoms with E-state index in [1.165, 1.54) is 4.88 Å². The highest BCUT2D eigenvalue weighted by Gasteiger charge is 2.15. The first-order valence-corrected chi connectivity index (χ1v) is 8.10. The molecule has 0 saturated carbocycles. The number of benzene rings is 1. The fourth-order valence-corrected chi connectivity index (χ4v) is 3.66. The molecule has 0 aliphatic heterocycles. The molecule has 1 unspecified atom stereocenters. The summed E-state index contributed by atoms with van der Waals surface area (Å²) in [7, 11) is 0. The van der Waals surface area contributed by atoms with Gasteiger partial charge >= 0.3 is 0 Å². The monoisotopic (exact) mass is 359 g/mol. The molecular formula is C14H15BrClNOS. The molecule has 0 amide bonds. The van der Waals surface area contributed by atoms with Crippen LogP contribution in [0.25, 0.3) is 0 Å². The summed E-state index contributed by atoms with van der Waals surface area (Å²) in [6.07, 6.45) is 0. The van der Waals surface area contributed by atoms with Crippen LogP contribution in [0.3, 0.4) is 0 Å². The van der Waals surface area contributed by atoms with E-state index in [0.717, 1.165) is 16.8 Å². The molecule has 0 saturated heterocycles. The van der Waals surface area contributed by atoms with Crippen LogP contribution in [0, 0.1) is 0 Å². The number of rotatable bonds is 6. The zero-order chi connectivity index (χ0) is 13.7. The summed E-state index contributed by atoms with van der Waals surface area (Å²) in [4.78, 5) is 1.25.